The lowest BCUT2D eigenvalue weighted by Crippen LogP contribution is -2.33. The number of likely N-dealkylation sites (tertiary alicyclic amines) is 1. The Labute approximate surface area is 163 Å². The largest absolute Gasteiger partial charge is 0.332 e. The van der Waals surface area contributed by atoms with Crippen LogP contribution in [-0.4, -0.2) is 32.1 Å². The Bertz CT molecular complexity index is 820. The number of aryl methyl sites for hydroxylation is 1. The standard InChI is InChI=1S/C19H22Cl2N4O/c20-14-8-7-13(11-15(14)21)12-18(26)24-10-4-5-16(24)19-23-22-17-6-2-1-3-9-25(17)19/h7-8,11,16H,1-6,9-10,12H2. The van der Waals surface area contributed by atoms with E-state index in [1.54, 1.807) is 12.1 Å². The molecule has 2 aliphatic heterocycles. The van der Waals surface area contributed by atoms with Crippen LogP contribution in [-0.2, 0) is 24.2 Å². The molecule has 1 atom stereocenters. The number of hydrogen-bond donors (Lipinski definition) is 0. The first-order valence-electron chi connectivity index (χ1n) is 9.29. The van der Waals surface area contributed by atoms with Crippen LogP contribution < -0.4 is 0 Å². The van der Waals surface area contributed by atoms with Crippen molar-refractivity contribution in [3.63, 3.8) is 0 Å². The van der Waals surface area contributed by atoms with E-state index in [9.17, 15) is 4.79 Å². The van der Waals surface area contributed by atoms with Gasteiger partial charge in [0.1, 0.15) is 5.82 Å². The quantitative estimate of drug-likeness (QED) is 0.785. The molecule has 1 saturated heterocycles. The summed E-state index contributed by atoms with van der Waals surface area (Å²) in [6, 6.07) is 5.41. The number of rotatable bonds is 3. The van der Waals surface area contributed by atoms with E-state index in [-0.39, 0.29) is 11.9 Å². The molecule has 1 aromatic carbocycles. The molecule has 26 heavy (non-hydrogen) atoms. The van der Waals surface area contributed by atoms with E-state index in [1.165, 1.54) is 12.8 Å². The highest BCUT2D eigenvalue weighted by Gasteiger charge is 2.34. The van der Waals surface area contributed by atoms with E-state index in [0.29, 0.717) is 16.5 Å². The third-order valence-corrected chi connectivity index (χ3v) is 6.09. The number of aromatic nitrogens is 3. The number of fused-ring (bicyclic) bond motifs is 1. The average molecular weight is 393 g/mol. The monoisotopic (exact) mass is 392 g/mol. The molecule has 2 aliphatic rings. The number of carbonyl (C=O) groups is 1. The summed E-state index contributed by atoms with van der Waals surface area (Å²) in [5.41, 5.74) is 0.884. The predicted molar refractivity (Wildman–Crippen MR) is 101 cm³/mol. The zero-order valence-electron chi connectivity index (χ0n) is 14.6. The Morgan fingerprint density at radius 2 is 1.96 bits per heavy atom. The lowest BCUT2D eigenvalue weighted by atomic mass is 10.1. The van der Waals surface area contributed by atoms with Gasteiger partial charge in [-0.3, -0.25) is 4.79 Å². The molecule has 0 N–H and O–H groups in total. The molecule has 1 fully saturated rings. The van der Waals surface area contributed by atoms with Gasteiger partial charge in [0.15, 0.2) is 5.82 Å². The fourth-order valence-corrected chi connectivity index (χ4v) is 4.33. The lowest BCUT2D eigenvalue weighted by molar-refractivity contribution is -0.131. The van der Waals surface area contributed by atoms with Gasteiger partial charge in [0, 0.05) is 19.5 Å². The van der Waals surface area contributed by atoms with Crippen LogP contribution in [0.25, 0.3) is 0 Å². The Hall–Kier alpha value is -1.59. The van der Waals surface area contributed by atoms with E-state index in [4.69, 9.17) is 23.2 Å². The summed E-state index contributed by atoms with van der Waals surface area (Å²) in [7, 11) is 0. The molecule has 1 aromatic heterocycles. The molecule has 2 aromatic rings. The summed E-state index contributed by atoms with van der Waals surface area (Å²) in [6.45, 7) is 1.73. The highest BCUT2D eigenvalue weighted by Crippen LogP contribution is 2.33. The van der Waals surface area contributed by atoms with Gasteiger partial charge in [-0.25, -0.2) is 0 Å². The van der Waals surface area contributed by atoms with Crippen molar-refractivity contribution >= 4 is 29.1 Å². The van der Waals surface area contributed by atoms with Crippen molar-refractivity contribution in [3.05, 3.63) is 45.5 Å². The van der Waals surface area contributed by atoms with E-state index in [1.807, 2.05) is 11.0 Å². The number of carbonyl (C=O) groups excluding carboxylic acids is 1. The van der Waals surface area contributed by atoms with Gasteiger partial charge in [0.25, 0.3) is 0 Å². The molecule has 5 nitrogen and oxygen atoms in total. The Kier molecular flexibility index (Phi) is 5.18. The summed E-state index contributed by atoms with van der Waals surface area (Å²) >= 11 is 12.1. The van der Waals surface area contributed by atoms with E-state index in [0.717, 1.165) is 56.0 Å². The third kappa shape index (κ3) is 3.47. The highest BCUT2D eigenvalue weighted by atomic mass is 35.5. The molecule has 1 unspecified atom stereocenters. The molecular formula is C19H22Cl2N4O. The van der Waals surface area contributed by atoms with Gasteiger partial charge in [-0.15, -0.1) is 10.2 Å². The van der Waals surface area contributed by atoms with Crippen LogP contribution in [0.1, 0.15) is 55.4 Å². The highest BCUT2D eigenvalue weighted by molar-refractivity contribution is 6.42. The molecule has 1 amide bonds. The second-order valence-corrected chi connectivity index (χ2v) is 7.92. The van der Waals surface area contributed by atoms with E-state index < -0.39 is 0 Å². The maximum absolute atomic E-state index is 12.9. The molecule has 4 rings (SSSR count). The number of benzene rings is 1. The molecular weight excluding hydrogens is 371 g/mol. The van der Waals surface area contributed by atoms with Gasteiger partial charge in [0.05, 0.1) is 22.5 Å². The molecule has 7 heteroatoms. The topological polar surface area (TPSA) is 51.0 Å². The number of nitrogens with zero attached hydrogens (tertiary/aromatic N) is 4. The normalized spacial score (nSPS) is 20.1. The van der Waals surface area contributed by atoms with Gasteiger partial charge < -0.3 is 9.47 Å². The fraction of sp³-hybridized carbons (Fsp3) is 0.526. The SMILES string of the molecule is O=C(Cc1ccc(Cl)c(Cl)c1)N1CCCC1c1nnc2n1CCCCC2. The van der Waals surface area contributed by atoms with Gasteiger partial charge >= 0.3 is 0 Å². The van der Waals surface area contributed by atoms with Crippen LogP contribution in [0.3, 0.4) is 0 Å². The summed E-state index contributed by atoms with van der Waals surface area (Å²) in [6.07, 6.45) is 6.81. The first-order chi connectivity index (χ1) is 12.6. The number of hydrogen-bond acceptors (Lipinski definition) is 3. The second kappa shape index (κ2) is 7.57. The molecule has 0 aliphatic carbocycles. The number of halogens is 2. The molecule has 138 valence electrons. The van der Waals surface area contributed by atoms with Crippen molar-refractivity contribution in [2.24, 2.45) is 0 Å². The zero-order valence-corrected chi connectivity index (χ0v) is 16.1. The first-order valence-corrected chi connectivity index (χ1v) is 10.0. The molecule has 0 radical (unpaired) electrons. The summed E-state index contributed by atoms with van der Waals surface area (Å²) < 4.78 is 2.25. The van der Waals surface area contributed by atoms with Crippen molar-refractivity contribution in [2.75, 3.05) is 6.54 Å². The maximum atomic E-state index is 12.9. The third-order valence-electron chi connectivity index (χ3n) is 5.35. The van der Waals surface area contributed by atoms with Crippen molar-refractivity contribution < 1.29 is 4.79 Å². The van der Waals surface area contributed by atoms with Crippen LogP contribution in [0.15, 0.2) is 18.2 Å². The van der Waals surface area contributed by atoms with E-state index >= 15 is 0 Å². The zero-order chi connectivity index (χ0) is 18.1. The number of amides is 1. The van der Waals surface area contributed by atoms with Crippen LogP contribution in [0, 0.1) is 0 Å². The minimum Gasteiger partial charge on any atom is -0.332 e. The minimum absolute atomic E-state index is 0.0321. The Balaban J connectivity index is 1.54. The van der Waals surface area contributed by atoms with Crippen LogP contribution in [0.2, 0.25) is 10.0 Å². The smallest absolute Gasteiger partial charge is 0.227 e. The molecule has 3 heterocycles. The molecule has 0 bridgehead atoms. The van der Waals surface area contributed by atoms with Gasteiger partial charge in [-0.2, -0.15) is 0 Å². The van der Waals surface area contributed by atoms with Crippen molar-refractivity contribution in [2.45, 2.75) is 57.5 Å². The summed E-state index contributed by atoms with van der Waals surface area (Å²) in [5.74, 6) is 2.14. The predicted octanol–water partition coefficient (Wildman–Crippen LogP) is 4.22. The summed E-state index contributed by atoms with van der Waals surface area (Å²) in [5, 5.41) is 9.86. The van der Waals surface area contributed by atoms with Gasteiger partial charge in [-0.05, 0) is 43.4 Å². The second-order valence-electron chi connectivity index (χ2n) is 7.11. The Morgan fingerprint density at radius 1 is 1.08 bits per heavy atom. The maximum Gasteiger partial charge on any atom is 0.227 e. The first kappa shape index (κ1) is 17.8. The minimum atomic E-state index is 0.0321. The van der Waals surface area contributed by atoms with Gasteiger partial charge in [0.2, 0.25) is 5.91 Å². The lowest BCUT2D eigenvalue weighted by Gasteiger charge is -2.25. The summed E-state index contributed by atoms with van der Waals surface area (Å²) in [4.78, 5) is 14.9. The van der Waals surface area contributed by atoms with Gasteiger partial charge in [-0.1, -0.05) is 35.7 Å². The van der Waals surface area contributed by atoms with Crippen molar-refractivity contribution in [1.29, 1.82) is 0 Å². The molecule has 0 saturated carbocycles. The van der Waals surface area contributed by atoms with Crippen molar-refractivity contribution in [1.82, 2.24) is 19.7 Å². The van der Waals surface area contributed by atoms with Crippen LogP contribution in [0.5, 0.6) is 0 Å². The van der Waals surface area contributed by atoms with Crippen molar-refractivity contribution in [3.8, 4) is 0 Å². The fourth-order valence-electron chi connectivity index (χ4n) is 4.01. The van der Waals surface area contributed by atoms with E-state index in [2.05, 4.69) is 14.8 Å². The molecule has 0 spiro atoms. The van der Waals surface area contributed by atoms with Crippen LogP contribution >= 0.6 is 23.2 Å². The average Bonchev–Trinajstić information content (AvgIpc) is 3.19. The van der Waals surface area contributed by atoms with Crippen LogP contribution in [0.4, 0.5) is 0 Å². The Morgan fingerprint density at radius 3 is 2.81 bits per heavy atom.